The summed E-state index contributed by atoms with van der Waals surface area (Å²) in [5.74, 6) is 0.588. The second-order valence-corrected chi connectivity index (χ2v) is 5.35. The number of rotatable bonds is 6. The molecule has 0 heterocycles. The van der Waals surface area contributed by atoms with Crippen molar-refractivity contribution in [3.63, 3.8) is 0 Å². The molecular formula is C14H21BrN2O2. The lowest BCUT2D eigenvalue weighted by Gasteiger charge is -2.31. The molecule has 0 aliphatic carbocycles. The molecule has 0 radical (unpaired) electrons. The van der Waals surface area contributed by atoms with Crippen molar-refractivity contribution in [1.29, 1.82) is 0 Å². The van der Waals surface area contributed by atoms with Crippen LogP contribution in [0.4, 0.5) is 0 Å². The number of benzene rings is 1. The van der Waals surface area contributed by atoms with E-state index in [9.17, 15) is 4.79 Å². The second-order valence-electron chi connectivity index (χ2n) is 4.50. The number of nitrogens with one attached hydrogen (secondary N) is 1. The van der Waals surface area contributed by atoms with Crippen LogP contribution in [0.2, 0.25) is 0 Å². The average molecular weight is 329 g/mol. The first-order chi connectivity index (χ1) is 9.01. The standard InChI is InChI=1S/C14H21BrN2O2/c1-4-14(5-2,9-16)17-13(18)10-6-7-12(19-3)11(15)8-10/h6-8H,4-5,9,16H2,1-3H3,(H,17,18). The van der Waals surface area contributed by atoms with Crippen LogP contribution < -0.4 is 15.8 Å². The van der Waals surface area contributed by atoms with Gasteiger partial charge in [0.2, 0.25) is 0 Å². The highest BCUT2D eigenvalue weighted by molar-refractivity contribution is 9.10. The normalized spacial score (nSPS) is 11.2. The van der Waals surface area contributed by atoms with Crippen molar-refractivity contribution in [2.24, 2.45) is 5.73 Å². The Morgan fingerprint density at radius 2 is 2.05 bits per heavy atom. The van der Waals surface area contributed by atoms with Gasteiger partial charge in [-0.15, -0.1) is 0 Å². The quantitative estimate of drug-likeness (QED) is 0.843. The van der Waals surface area contributed by atoms with Crippen LogP contribution in [0.5, 0.6) is 5.75 Å². The summed E-state index contributed by atoms with van der Waals surface area (Å²) in [6.07, 6.45) is 1.62. The third kappa shape index (κ3) is 3.70. The Balaban J connectivity index is 2.92. The molecule has 3 N–H and O–H groups in total. The minimum atomic E-state index is -0.330. The maximum Gasteiger partial charge on any atom is 0.251 e. The molecular weight excluding hydrogens is 308 g/mol. The molecule has 19 heavy (non-hydrogen) atoms. The third-order valence-corrected chi connectivity index (χ3v) is 4.16. The lowest BCUT2D eigenvalue weighted by atomic mass is 9.92. The third-order valence-electron chi connectivity index (χ3n) is 3.54. The van der Waals surface area contributed by atoms with Crippen LogP contribution in [0.1, 0.15) is 37.0 Å². The van der Waals surface area contributed by atoms with Crippen molar-refractivity contribution >= 4 is 21.8 Å². The summed E-state index contributed by atoms with van der Waals surface area (Å²) >= 11 is 3.38. The minimum absolute atomic E-state index is 0.113. The first kappa shape index (κ1) is 16.0. The largest absolute Gasteiger partial charge is 0.496 e. The van der Waals surface area contributed by atoms with Gasteiger partial charge in [-0.3, -0.25) is 4.79 Å². The van der Waals surface area contributed by atoms with Gasteiger partial charge < -0.3 is 15.8 Å². The predicted octanol–water partition coefficient (Wildman–Crippen LogP) is 2.71. The molecule has 106 valence electrons. The maximum absolute atomic E-state index is 12.3. The van der Waals surface area contributed by atoms with Gasteiger partial charge in [0.25, 0.3) is 5.91 Å². The number of halogens is 1. The molecule has 0 atom stereocenters. The Bertz CT molecular complexity index is 437. The van der Waals surface area contributed by atoms with Crippen LogP contribution in [0, 0.1) is 0 Å². The van der Waals surface area contributed by atoms with E-state index in [0.29, 0.717) is 17.9 Å². The summed E-state index contributed by atoms with van der Waals surface area (Å²) in [4.78, 5) is 12.3. The molecule has 0 aliphatic heterocycles. The van der Waals surface area contributed by atoms with E-state index < -0.39 is 0 Å². The van der Waals surface area contributed by atoms with Gasteiger partial charge in [0.1, 0.15) is 5.75 Å². The molecule has 4 nitrogen and oxygen atoms in total. The highest BCUT2D eigenvalue weighted by Crippen LogP contribution is 2.26. The van der Waals surface area contributed by atoms with Gasteiger partial charge >= 0.3 is 0 Å². The van der Waals surface area contributed by atoms with Crippen molar-refractivity contribution in [2.75, 3.05) is 13.7 Å². The smallest absolute Gasteiger partial charge is 0.251 e. The first-order valence-corrected chi connectivity index (χ1v) is 7.17. The van der Waals surface area contributed by atoms with E-state index in [1.165, 1.54) is 0 Å². The van der Waals surface area contributed by atoms with Crippen LogP contribution in [0.15, 0.2) is 22.7 Å². The molecule has 0 aromatic heterocycles. The lowest BCUT2D eigenvalue weighted by molar-refractivity contribution is 0.0895. The Morgan fingerprint density at radius 3 is 2.47 bits per heavy atom. The van der Waals surface area contributed by atoms with E-state index in [1.54, 1.807) is 25.3 Å². The summed E-state index contributed by atoms with van der Waals surface area (Å²) in [5, 5.41) is 3.03. The van der Waals surface area contributed by atoms with E-state index >= 15 is 0 Å². The maximum atomic E-state index is 12.3. The number of carbonyl (C=O) groups is 1. The van der Waals surface area contributed by atoms with Crippen LogP contribution in [-0.4, -0.2) is 25.1 Å². The molecule has 5 heteroatoms. The lowest BCUT2D eigenvalue weighted by Crippen LogP contribution is -2.52. The van der Waals surface area contributed by atoms with Gasteiger partial charge in [0.15, 0.2) is 0 Å². The number of carbonyl (C=O) groups excluding carboxylic acids is 1. The molecule has 0 fully saturated rings. The number of hydrogen-bond donors (Lipinski definition) is 2. The van der Waals surface area contributed by atoms with E-state index in [2.05, 4.69) is 21.2 Å². The Kier molecular flexibility index (Phi) is 5.82. The SMILES string of the molecule is CCC(CC)(CN)NC(=O)c1ccc(OC)c(Br)c1. The zero-order valence-electron chi connectivity index (χ0n) is 11.6. The molecule has 0 aliphatic rings. The van der Waals surface area contributed by atoms with Crippen LogP contribution in [-0.2, 0) is 0 Å². The summed E-state index contributed by atoms with van der Waals surface area (Å²) < 4.78 is 5.90. The number of methoxy groups -OCH3 is 1. The molecule has 0 unspecified atom stereocenters. The van der Waals surface area contributed by atoms with Gasteiger partial charge in [0, 0.05) is 12.1 Å². The highest BCUT2D eigenvalue weighted by atomic mass is 79.9. The summed E-state index contributed by atoms with van der Waals surface area (Å²) in [6, 6.07) is 5.26. The van der Waals surface area contributed by atoms with Crippen molar-refractivity contribution < 1.29 is 9.53 Å². The monoisotopic (exact) mass is 328 g/mol. The first-order valence-electron chi connectivity index (χ1n) is 6.38. The van der Waals surface area contributed by atoms with Crippen molar-refractivity contribution in [3.05, 3.63) is 28.2 Å². The van der Waals surface area contributed by atoms with Gasteiger partial charge in [-0.25, -0.2) is 0 Å². The summed E-state index contributed by atoms with van der Waals surface area (Å²) in [6.45, 7) is 4.49. The van der Waals surface area contributed by atoms with Crippen LogP contribution in [0.25, 0.3) is 0 Å². The molecule has 0 spiro atoms. The fourth-order valence-corrected chi connectivity index (χ4v) is 2.43. The van der Waals surface area contributed by atoms with Gasteiger partial charge in [-0.1, -0.05) is 13.8 Å². The molecule has 1 aromatic rings. The van der Waals surface area contributed by atoms with E-state index in [0.717, 1.165) is 17.3 Å². The van der Waals surface area contributed by atoms with Crippen LogP contribution >= 0.6 is 15.9 Å². The van der Waals surface area contributed by atoms with Crippen molar-refractivity contribution in [3.8, 4) is 5.75 Å². The number of nitrogens with two attached hydrogens (primary N) is 1. The van der Waals surface area contributed by atoms with Gasteiger partial charge in [0.05, 0.1) is 17.1 Å². The fraction of sp³-hybridized carbons (Fsp3) is 0.500. The van der Waals surface area contributed by atoms with Gasteiger partial charge in [-0.2, -0.15) is 0 Å². The molecule has 0 bridgehead atoms. The van der Waals surface area contributed by atoms with E-state index in [-0.39, 0.29) is 11.4 Å². The second kappa shape index (κ2) is 6.91. The molecule has 1 aromatic carbocycles. The number of hydrogen-bond acceptors (Lipinski definition) is 3. The summed E-state index contributed by atoms with van der Waals surface area (Å²) in [5.41, 5.74) is 6.05. The van der Waals surface area contributed by atoms with Crippen molar-refractivity contribution in [2.45, 2.75) is 32.2 Å². The van der Waals surface area contributed by atoms with Crippen molar-refractivity contribution in [1.82, 2.24) is 5.32 Å². The molecule has 1 rings (SSSR count). The van der Waals surface area contributed by atoms with Crippen LogP contribution in [0.3, 0.4) is 0 Å². The predicted molar refractivity (Wildman–Crippen MR) is 80.5 cm³/mol. The number of ether oxygens (including phenoxy) is 1. The minimum Gasteiger partial charge on any atom is -0.496 e. The van der Waals surface area contributed by atoms with E-state index in [4.69, 9.17) is 10.5 Å². The molecule has 1 amide bonds. The topological polar surface area (TPSA) is 64.3 Å². The fourth-order valence-electron chi connectivity index (χ4n) is 1.89. The average Bonchev–Trinajstić information content (AvgIpc) is 2.44. The number of amides is 1. The Labute approximate surface area is 122 Å². The zero-order valence-corrected chi connectivity index (χ0v) is 13.2. The summed E-state index contributed by atoms with van der Waals surface area (Å²) in [7, 11) is 1.59. The molecule has 0 saturated carbocycles. The highest BCUT2D eigenvalue weighted by Gasteiger charge is 2.26. The van der Waals surface area contributed by atoms with E-state index in [1.807, 2.05) is 13.8 Å². The Hall–Kier alpha value is -1.07. The zero-order chi connectivity index (χ0) is 14.5. The molecule has 0 saturated heterocycles. The Morgan fingerprint density at radius 1 is 1.42 bits per heavy atom. The van der Waals surface area contributed by atoms with Gasteiger partial charge in [-0.05, 0) is 47.0 Å².